The molecular formula is C10H12ClNO4. The Morgan fingerprint density at radius 2 is 2.00 bits per heavy atom. The highest BCUT2D eigenvalue weighted by Crippen LogP contribution is 2.13. The van der Waals surface area contributed by atoms with Crippen LogP contribution in [0.3, 0.4) is 0 Å². The van der Waals surface area contributed by atoms with Gasteiger partial charge in [0, 0.05) is 18.2 Å². The summed E-state index contributed by atoms with van der Waals surface area (Å²) in [6.07, 6.45) is 0.0714. The number of aromatic nitrogens is 1. The monoisotopic (exact) mass is 245 g/mol. The van der Waals surface area contributed by atoms with E-state index in [4.69, 9.17) is 11.6 Å². The Kier molecular flexibility index (Phi) is 3.40. The van der Waals surface area contributed by atoms with Crippen molar-refractivity contribution in [2.45, 2.75) is 25.9 Å². The number of aliphatic hydroxyl groups is 1. The minimum atomic E-state index is -1.08. The molecule has 0 aliphatic heterocycles. The lowest BCUT2D eigenvalue weighted by atomic mass is 10.0. The molecule has 0 fully saturated rings. The molecule has 0 atom stereocenters. The maximum Gasteiger partial charge on any atom is 0.270 e. The molecule has 88 valence electrons. The van der Waals surface area contributed by atoms with Crippen molar-refractivity contribution in [3.63, 3.8) is 0 Å². The summed E-state index contributed by atoms with van der Waals surface area (Å²) in [5, 5.41) is 18.2. The molecule has 16 heavy (non-hydrogen) atoms. The molecule has 0 bridgehead atoms. The molecule has 5 nitrogen and oxygen atoms in total. The van der Waals surface area contributed by atoms with Crippen molar-refractivity contribution in [3.05, 3.63) is 37.4 Å². The molecular weight excluding hydrogens is 234 g/mol. The molecule has 0 aromatic carbocycles. The average Bonchev–Trinajstić information content (AvgIpc) is 2.18. The van der Waals surface area contributed by atoms with Crippen LogP contribution in [0.5, 0.6) is 5.75 Å². The van der Waals surface area contributed by atoms with Crippen molar-refractivity contribution in [3.8, 4) is 5.75 Å². The Morgan fingerprint density at radius 1 is 1.44 bits per heavy atom. The topological polar surface area (TPSA) is 90.4 Å². The minimum Gasteiger partial charge on any atom is -0.503 e. The molecule has 0 aliphatic carbocycles. The summed E-state index contributed by atoms with van der Waals surface area (Å²) in [5.74, 6) is -0.787. The number of aromatic amines is 1. The second-order valence-corrected chi connectivity index (χ2v) is 4.52. The van der Waals surface area contributed by atoms with Crippen LogP contribution in [0, 0.1) is 0 Å². The number of hydrogen-bond acceptors (Lipinski definition) is 4. The van der Waals surface area contributed by atoms with Crippen LogP contribution in [-0.2, 0) is 6.42 Å². The molecule has 0 saturated heterocycles. The van der Waals surface area contributed by atoms with Gasteiger partial charge in [-0.1, -0.05) is 11.6 Å². The molecule has 0 aliphatic rings. The second kappa shape index (κ2) is 4.27. The summed E-state index contributed by atoms with van der Waals surface area (Å²) in [7, 11) is 0. The van der Waals surface area contributed by atoms with Crippen molar-refractivity contribution in [1.82, 2.24) is 4.98 Å². The Labute approximate surface area is 96.3 Å². The summed E-state index contributed by atoms with van der Waals surface area (Å²) in [5.41, 5.74) is -2.39. The molecule has 0 unspecified atom stereocenters. The average molecular weight is 246 g/mol. The van der Waals surface area contributed by atoms with Gasteiger partial charge in [0.1, 0.15) is 0 Å². The lowest BCUT2D eigenvalue weighted by Gasteiger charge is -2.15. The maximum atomic E-state index is 11.3. The van der Waals surface area contributed by atoms with Crippen molar-refractivity contribution < 1.29 is 10.2 Å². The summed E-state index contributed by atoms with van der Waals surface area (Å²) in [4.78, 5) is 25.0. The predicted octanol–water partition coefficient (Wildman–Crippen LogP) is 0.407. The predicted molar refractivity (Wildman–Crippen MR) is 60.0 cm³/mol. The van der Waals surface area contributed by atoms with Crippen molar-refractivity contribution in [2.24, 2.45) is 0 Å². The fraction of sp³-hybridized carbons (Fsp3) is 0.400. The van der Waals surface area contributed by atoms with Crippen LogP contribution in [0.4, 0.5) is 0 Å². The van der Waals surface area contributed by atoms with Gasteiger partial charge in [0.25, 0.3) is 5.56 Å². The molecule has 3 N–H and O–H groups in total. The third-order valence-electron chi connectivity index (χ3n) is 1.84. The van der Waals surface area contributed by atoms with E-state index < -0.39 is 27.4 Å². The van der Waals surface area contributed by atoms with E-state index in [0.29, 0.717) is 0 Å². The molecule has 0 spiro atoms. The van der Waals surface area contributed by atoms with Crippen LogP contribution in [0.1, 0.15) is 19.5 Å². The number of halogens is 1. The molecule has 1 rings (SSSR count). The van der Waals surface area contributed by atoms with E-state index >= 15 is 0 Å². The lowest BCUT2D eigenvalue weighted by Crippen LogP contribution is -2.23. The SMILES string of the molecule is CC(C)(O)Cc1cc(=O)c(O)c(Cl)c(=O)[nH]1. The zero-order chi connectivity index (χ0) is 12.5. The van der Waals surface area contributed by atoms with Crippen molar-refractivity contribution >= 4 is 11.6 Å². The summed E-state index contributed by atoms with van der Waals surface area (Å²) in [6.45, 7) is 3.06. The maximum absolute atomic E-state index is 11.3. The van der Waals surface area contributed by atoms with Gasteiger partial charge in [0.05, 0.1) is 5.60 Å². The van der Waals surface area contributed by atoms with Gasteiger partial charge >= 0.3 is 0 Å². The van der Waals surface area contributed by atoms with E-state index in [9.17, 15) is 19.8 Å². The van der Waals surface area contributed by atoms with Crippen LogP contribution >= 0.6 is 11.6 Å². The lowest BCUT2D eigenvalue weighted by molar-refractivity contribution is 0.0799. The number of nitrogens with one attached hydrogen (secondary N) is 1. The summed E-state index contributed by atoms with van der Waals surface area (Å²) in [6, 6.07) is 1.04. The molecule has 0 saturated carbocycles. The fourth-order valence-electron chi connectivity index (χ4n) is 1.24. The molecule has 1 heterocycles. The molecule has 6 heteroatoms. The minimum absolute atomic E-state index is 0.0714. The normalized spacial score (nSPS) is 11.5. The van der Waals surface area contributed by atoms with E-state index in [0.717, 1.165) is 6.07 Å². The first kappa shape index (κ1) is 12.7. The number of rotatable bonds is 2. The number of H-pyrrole nitrogens is 1. The molecule has 0 radical (unpaired) electrons. The highest BCUT2D eigenvalue weighted by molar-refractivity contribution is 6.31. The van der Waals surface area contributed by atoms with Crippen LogP contribution in [0.15, 0.2) is 15.7 Å². The van der Waals surface area contributed by atoms with E-state index in [1.54, 1.807) is 0 Å². The van der Waals surface area contributed by atoms with Gasteiger partial charge in [0.15, 0.2) is 10.8 Å². The number of hydrogen-bond donors (Lipinski definition) is 3. The second-order valence-electron chi connectivity index (χ2n) is 4.14. The van der Waals surface area contributed by atoms with Crippen molar-refractivity contribution in [2.75, 3.05) is 0 Å². The van der Waals surface area contributed by atoms with Crippen LogP contribution in [-0.4, -0.2) is 20.8 Å². The highest BCUT2D eigenvalue weighted by atomic mass is 35.5. The standard InChI is InChI=1S/C10H12ClNO4/c1-10(2,16)4-5-3-6(13)8(14)7(11)9(15)12-5/h3,16H,4H2,1-2H3,(H,12,15)(H,13,14). The highest BCUT2D eigenvalue weighted by Gasteiger charge is 2.15. The fourth-order valence-corrected chi connectivity index (χ4v) is 1.38. The first-order valence-electron chi connectivity index (χ1n) is 4.58. The van der Waals surface area contributed by atoms with Gasteiger partial charge < -0.3 is 15.2 Å². The smallest absolute Gasteiger partial charge is 0.270 e. The van der Waals surface area contributed by atoms with E-state index in [-0.39, 0.29) is 12.1 Å². The van der Waals surface area contributed by atoms with Gasteiger partial charge in [-0.3, -0.25) is 9.59 Å². The third-order valence-corrected chi connectivity index (χ3v) is 2.19. The first-order chi connectivity index (χ1) is 7.20. The van der Waals surface area contributed by atoms with Gasteiger partial charge in [-0.25, -0.2) is 0 Å². The van der Waals surface area contributed by atoms with E-state index in [2.05, 4.69) is 4.98 Å². The Hall–Kier alpha value is -1.33. The van der Waals surface area contributed by atoms with E-state index in [1.807, 2.05) is 0 Å². The Morgan fingerprint density at radius 3 is 2.50 bits per heavy atom. The molecule has 1 aromatic heterocycles. The van der Waals surface area contributed by atoms with Crippen LogP contribution in [0.25, 0.3) is 0 Å². The molecule has 0 amide bonds. The van der Waals surface area contributed by atoms with Crippen molar-refractivity contribution in [1.29, 1.82) is 0 Å². The van der Waals surface area contributed by atoms with Gasteiger partial charge in [0.2, 0.25) is 5.43 Å². The van der Waals surface area contributed by atoms with Crippen LogP contribution < -0.4 is 11.0 Å². The largest absolute Gasteiger partial charge is 0.503 e. The zero-order valence-corrected chi connectivity index (χ0v) is 9.63. The van der Waals surface area contributed by atoms with E-state index in [1.165, 1.54) is 13.8 Å². The summed E-state index contributed by atoms with van der Waals surface area (Å²) >= 11 is 5.45. The third kappa shape index (κ3) is 3.08. The van der Waals surface area contributed by atoms with Crippen LogP contribution in [0.2, 0.25) is 5.02 Å². The quantitative estimate of drug-likeness (QED) is 0.704. The number of aromatic hydroxyl groups is 1. The van der Waals surface area contributed by atoms with Gasteiger partial charge in [-0.2, -0.15) is 0 Å². The summed E-state index contributed by atoms with van der Waals surface area (Å²) < 4.78 is 0. The zero-order valence-electron chi connectivity index (χ0n) is 8.87. The first-order valence-corrected chi connectivity index (χ1v) is 4.96. The Balaban J connectivity index is 3.43. The van der Waals surface area contributed by atoms with Gasteiger partial charge in [-0.15, -0.1) is 0 Å². The van der Waals surface area contributed by atoms with Gasteiger partial charge in [-0.05, 0) is 13.8 Å². The Bertz CT molecular complexity index is 477. The molecule has 1 aromatic rings.